The first kappa shape index (κ1) is 22.8. The summed E-state index contributed by atoms with van der Waals surface area (Å²) >= 11 is 1.14. The van der Waals surface area contributed by atoms with Gasteiger partial charge in [0.25, 0.3) is 10.0 Å². The Morgan fingerprint density at radius 2 is 1.97 bits per heavy atom. The van der Waals surface area contributed by atoms with Crippen LogP contribution in [0, 0.1) is 11.3 Å². The molecule has 0 spiro atoms. The number of nitrogens with zero attached hydrogens (tertiary/aromatic N) is 4. The van der Waals surface area contributed by atoms with E-state index >= 15 is 0 Å². The van der Waals surface area contributed by atoms with Crippen LogP contribution in [0.2, 0.25) is 0 Å². The highest BCUT2D eigenvalue weighted by Crippen LogP contribution is 2.32. The molecule has 0 unspecified atom stereocenters. The Kier molecular flexibility index (Phi) is 7.70. The number of thiophene rings is 1. The lowest BCUT2D eigenvalue weighted by molar-refractivity contribution is 0.299. The summed E-state index contributed by atoms with van der Waals surface area (Å²) < 4.78 is 27.2. The monoisotopic (exact) mass is 457 g/mol. The Labute approximate surface area is 185 Å². The molecule has 3 rings (SSSR count). The van der Waals surface area contributed by atoms with Crippen molar-refractivity contribution in [3.8, 4) is 16.6 Å². The molecule has 0 saturated heterocycles. The second-order valence-corrected chi connectivity index (χ2v) is 9.83. The largest absolute Gasteiger partial charge is 0.396 e. The number of sulfonamides is 1. The molecule has 0 saturated carbocycles. The molecule has 2 N–H and O–H groups in total. The van der Waals surface area contributed by atoms with Gasteiger partial charge in [0, 0.05) is 38.0 Å². The van der Waals surface area contributed by atoms with Gasteiger partial charge < -0.3 is 10.4 Å². The second kappa shape index (κ2) is 10.5. The average molecular weight is 458 g/mol. The third-order valence-electron chi connectivity index (χ3n) is 4.52. The molecule has 10 heteroatoms. The third kappa shape index (κ3) is 5.65. The fraction of sp³-hybridized carbons (Fsp3) is 0.286. The van der Waals surface area contributed by atoms with Crippen LogP contribution in [0.3, 0.4) is 0 Å². The molecule has 1 aromatic carbocycles. The zero-order valence-corrected chi connectivity index (χ0v) is 18.7. The van der Waals surface area contributed by atoms with Gasteiger partial charge in [0.05, 0.1) is 16.6 Å². The lowest BCUT2D eigenvalue weighted by atomic mass is 10.1. The fourth-order valence-corrected chi connectivity index (χ4v) is 5.80. The standard InChI is InChI=1S/C21H23N5O3S2/c1-2-26(14-3-12-22)31(28,29)20-9-8-19(30-20)18-10-13-23-21(25-18)24-17-6-4-16(5-7-17)11-15-27/h4-10,13,27H,2-3,11,14-15H2,1H3,(H,23,24,25). The molecule has 0 amide bonds. The van der Waals surface area contributed by atoms with Crippen LogP contribution in [-0.4, -0.2) is 47.5 Å². The fourth-order valence-electron chi connectivity index (χ4n) is 2.92. The van der Waals surface area contributed by atoms with Crippen LogP contribution in [-0.2, 0) is 16.4 Å². The maximum atomic E-state index is 12.9. The highest BCUT2D eigenvalue weighted by molar-refractivity contribution is 7.91. The number of aromatic nitrogens is 2. The first-order valence-corrected chi connectivity index (χ1v) is 12.0. The number of nitriles is 1. The highest BCUT2D eigenvalue weighted by Gasteiger charge is 2.25. The summed E-state index contributed by atoms with van der Waals surface area (Å²) in [5, 5.41) is 20.9. The minimum atomic E-state index is -3.65. The van der Waals surface area contributed by atoms with Gasteiger partial charge in [0.2, 0.25) is 5.95 Å². The summed E-state index contributed by atoms with van der Waals surface area (Å²) in [5.41, 5.74) is 2.45. The highest BCUT2D eigenvalue weighted by atomic mass is 32.2. The molecule has 3 aromatic rings. The first-order chi connectivity index (χ1) is 15.0. The van der Waals surface area contributed by atoms with Crippen LogP contribution in [0.1, 0.15) is 18.9 Å². The van der Waals surface area contributed by atoms with Crippen molar-refractivity contribution in [3.63, 3.8) is 0 Å². The Morgan fingerprint density at radius 3 is 2.65 bits per heavy atom. The predicted molar refractivity (Wildman–Crippen MR) is 121 cm³/mol. The lowest BCUT2D eigenvalue weighted by Crippen LogP contribution is -2.31. The molecule has 8 nitrogen and oxygen atoms in total. The molecule has 2 heterocycles. The third-order valence-corrected chi connectivity index (χ3v) is 8.07. The van der Waals surface area contributed by atoms with Gasteiger partial charge in [-0.05, 0) is 42.3 Å². The van der Waals surface area contributed by atoms with Crippen LogP contribution < -0.4 is 5.32 Å². The van der Waals surface area contributed by atoms with Gasteiger partial charge in [-0.2, -0.15) is 9.57 Å². The zero-order chi connectivity index (χ0) is 22.3. The van der Waals surface area contributed by atoms with Gasteiger partial charge >= 0.3 is 0 Å². The van der Waals surface area contributed by atoms with Gasteiger partial charge in [-0.25, -0.2) is 18.4 Å². The van der Waals surface area contributed by atoms with Gasteiger partial charge in [-0.1, -0.05) is 19.1 Å². The van der Waals surface area contributed by atoms with Crippen LogP contribution in [0.25, 0.3) is 10.6 Å². The van der Waals surface area contributed by atoms with Crippen molar-refractivity contribution in [1.82, 2.24) is 14.3 Å². The maximum Gasteiger partial charge on any atom is 0.252 e. The molecule has 2 aromatic heterocycles. The molecule has 0 atom stereocenters. The molecule has 0 aliphatic heterocycles. The van der Waals surface area contributed by atoms with E-state index in [4.69, 9.17) is 10.4 Å². The normalized spacial score (nSPS) is 11.4. The summed E-state index contributed by atoms with van der Waals surface area (Å²) in [6, 6.07) is 14.6. The van der Waals surface area contributed by atoms with E-state index in [0.29, 0.717) is 29.5 Å². The number of hydrogen-bond acceptors (Lipinski definition) is 8. The molecule has 0 aliphatic carbocycles. The molecule has 0 aliphatic rings. The van der Waals surface area contributed by atoms with Gasteiger partial charge in [-0.3, -0.25) is 0 Å². The van der Waals surface area contributed by atoms with Gasteiger partial charge in [-0.15, -0.1) is 11.3 Å². The smallest absolute Gasteiger partial charge is 0.252 e. The summed E-state index contributed by atoms with van der Waals surface area (Å²) in [7, 11) is -3.65. The number of anilines is 2. The summed E-state index contributed by atoms with van der Waals surface area (Å²) in [4.78, 5) is 9.45. The van der Waals surface area contributed by atoms with Crippen LogP contribution >= 0.6 is 11.3 Å². The number of hydrogen-bond donors (Lipinski definition) is 2. The van der Waals surface area contributed by atoms with Gasteiger partial charge in [0.15, 0.2) is 0 Å². The Balaban J connectivity index is 1.79. The number of benzene rings is 1. The second-order valence-electron chi connectivity index (χ2n) is 6.58. The van der Waals surface area contributed by atoms with Crippen molar-refractivity contribution < 1.29 is 13.5 Å². The zero-order valence-electron chi connectivity index (χ0n) is 17.0. The van der Waals surface area contributed by atoms with Crippen molar-refractivity contribution in [3.05, 3.63) is 54.2 Å². The van der Waals surface area contributed by atoms with E-state index in [1.54, 1.807) is 31.3 Å². The number of rotatable bonds is 10. The van der Waals surface area contributed by atoms with Crippen molar-refractivity contribution in [1.29, 1.82) is 5.26 Å². The van der Waals surface area contributed by atoms with Crippen LogP contribution in [0.15, 0.2) is 52.9 Å². The summed E-state index contributed by atoms with van der Waals surface area (Å²) in [5.74, 6) is 0.398. The Bertz CT molecular complexity index is 1150. The first-order valence-electron chi connectivity index (χ1n) is 9.75. The lowest BCUT2D eigenvalue weighted by Gasteiger charge is -2.17. The molecule has 31 heavy (non-hydrogen) atoms. The van der Waals surface area contributed by atoms with Crippen molar-refractivity contribution in [2.75, 3.05) is 25.0 Å². The summed E-state index contributed by atoms with van der Waals surface area (Å²) in [6.45, 7) is 2.32. The van der Waals surface area contributed by atoms with Crippen molar-refractivity contribution in [2.24, 2.45) is 0 Å². The maximum absolute atomic E-state index is 12.9. The van der Waals surface area contributed by atoms with Crippen LogP contribution in [0.5, 0.6) is 0 Å². The van der Waals surface area contributed by atoms with E-state index in [9.17, 15) is 8.42 Å². The minimum absolute atomic E-state index is 0.102. The van der Waals surface area contributed by atoms with Crippen LogP contribution in [0.4, 0.5) is 11.6 Å². The predicted octanol–water partition coefficient (Wildman–Crippen LogP) is 3.41. The Hall–Kier alpha value is -2.84. The van der Waals surface area contributed by atoms with E-state index in [1.807, 2.05) is 30.3 Å². The van der Waals surface area contributed by atoms with E-state index in [2.05, 4.69) is 15.3 Å². The van der Waals surface area contributed by atoms with E-state index < -0.39 is 10.0 Å². The van der Waals surface area contributed by atoms with Crippen molar-refractivity contribution >= 4 is 33.0 Å². The number of nitrogens with one attached hydrogen (secondary N) is 1. The molecule has 0 fully saturated rings. The Morgan fingerprint density at radius 1 is 1.19 bits per heavy atom. The van der Waals surface area contributed by atoms with Gasteiger partial charge in [0.1, 0.15) is 4.21 Å². The van der Waals surface area contributed by atoms with E-state index in [1.165, 1.54) is 4.31 Å². The minimum Gasteiger partial charge on any atom is -0.396 e. The van der Waals surface area contributed by atoms with Crippen molar-refractivity contribution in [2.45, 2.75) is 24.0 Å². The molecule has 162 valence electrons. The topological polar surface area (TPSA) is 119 Å². The molecule has 0 bridgehead atoms. The average Bonchev–Trinajstić information content (AvgIpc) is 3.27. The SMILES string of the molecule is CCN(CCC#N)S(=O)(=O)c1ccc(-c2ccnc(Nc3ccc(CCO)cc3)n2)s1. The van der Waals surface area contributed by atoms with E-state index in [-0.39, 0.29) is 23.8 Å². The van der Waals surface area contributed by atoms with E-state index in [0.717, 1.165) is 22.6 Å². The molecule has 0 radical (unpaired) electrons. The summed E-state index contributed by atoms with van der Waals surface area (Å²) in [6.07, 6.45) is 2.36. The number of aliphatic hydroxyl groups excluding tert-OH is 1. The molecular formula is C21H23N5O3S2. The molecular weight excluding hydrogens is 434 g/mol. The number of aliphatic hydroxyl groups is 1. The quantitative estimate of drug-likeness (QED) is 0.479.